The van der Waals surface area contributed by atoms with E-state index in [1.807, 2.05) is 87.2 Å². The minimum atomic E-state index is -0.843. The zero-order valence-corrected chi connectivity index (χ0v) is 20.0. The monoisotopic (exact) mass is 451 g/mol. The topological polar surface area (TPSA) is 65.1 Å². The van der Waals surface area contributed by atoms with Crippen molar-refractivity contribution in [2.75, 3.05) is 13.7 Å². The van der Waals surface area contributed by atoms with Crippen molar-refractivity contribution in [3.05, 3.63) is 65.7 Å². The quantitative estimate of drug-likeness (QED) is 0.620. The molecule has 0 N–H and O–H groups in total. The number of esters is 1. The molecule has 176 valence electrons. The van der Waals surface area contributed by atoms with E-state index >= 15 is 0 Å². The summed E-state index contributed by atoms with van der Waals surface area (Å²) in [6, 6.07) is 17.3. The third kappa shape index (κ3) is 4.62. The molecule has 0 unspecified atom stereocenters. The van der Waals surface area contributed by atoms with Crippen LogP contribution >= 0.6 is 0 Å². The van der Waals surface area contributed by atoms with Gasteiger partial charge in [-0.25, -0.2) is 0 Å². The second kappa shape index (κ2) is 8.82. The Labute approximate surface area is 195 Å². The Morgan fingerprint density at radius 1 is 1.12 bits per heavy atom. The Morgan fingerprint density at radius 3 is 2.39 bits per heavy atom. The number of hydrogen-bond acceptors (Lipinski definition) is 5. The number of carbonyl (C=O) groups excluding carboxylic acids is 2. The molecular weight excluding hydrogens is 418 g/mol. The summed E-state index contributed by atoms with van der Waals surface area (Å²) in [6.07, 6.45) is 0.857. The van der Waals surface area contributed by atoms with Crippen LogP contribution in [-0.4, -0.2) is 42.1 Å². The van der Waals surface area contributed by atoms with Crippen molar-refractivity contribution in [2.45, 2.75) is 63.8 Å². The van der Waals surface area contributed by atoms with Crippen molar-refractivity contribution in [3.63, 3.8) is 0 Å². The van der Waals surface area contributed by atoms with Crippen molar-refractivity contribution in [3.8, 4) is 5.75 Å². The lowest BCUT2D eigenvalue weighted by Crippen LogP contribution is -2.55. The van der Waals surface area contributed by atoms with Crippen molar-refractivity contribution in [2.24, 2.45) is 5.92 Å². The smallest absolute Gasteiger partial charge is 0.306 e. The van der Waals surface area contributed by atoms with Crippen LogP contribution in [-0.2, 0) is 24.8 Å². The van der Waals surface area contributed by atoms with Gasteiger partial charge in [-0.2, -0.15) is 0 Å². The number of nitrogens with zero attached hydrogens (tertiary/aromatic N) is 1. The zero-order chi connectivity index (χ0) is 23.8. The number of benzene rings is 2. The number of rotatable bonds is 5. The summed E-state index contributed by atoms with van der Waals surface area (Å²) in [5.74, 6) is -0.221. The summed E-state index contributed by atoms with van der Waals surface area (Å²) in [5, 5.41) is 0. The molecule has 1 amide bonds. The number of methoxy groups -OCH3 is 1. The van der Waals surface area contributed by atoms with Gasteiger partial charge in [0.15, 0.2) is 5.72 Å². The SMILES string of the molecule is COc1ccc([C@H]2C(=O)N3[C@H](CO[C@@]3(C)c3ccccc3)C[C@H]2CC(=O)OC(C)(C)C)cc1. The molecule has 2 saturated heterocycles. The maximum Gasteiger partial charge on any atom is 0.306 e. The Balaban J connectivity index is 1.69. The highest BCUT2D eigenvalue weighted by Gasteiger charge is 2.55. The average molecular weight is 452 g/mol. The number of amides is 1. The first-order valence-corrected chi connectivity index (χ1v) is 11.5. The van der Waals surface area contributed by atoms with Crippen LogP contribution < -0.4 is 4.74 Å². The Morgan fingerprint density at radius 2 is 1.79 bits per heavy atom. The first-order valence-electron chi connectivity index (χ1n) is 11.5. The van der Waals surface area contributed by atoms with Crippen LogP contribution in [0.15, 0.2) is 54.6 Å². The number of hydrogen-bond donors (Lipinski definition) is 0. The molecule has 2 aliphatic heterocycles. The van der Waals surface area contributed by atoms with Gasteiger partial charge >= 0.3 is 5.97 Å². The molecule has 33 heavy (non-hydrogen) atoms. The highest BCUT2D eigenvalue weighted by molar-refractivity contribution is 5.87. The molecule has 2 heterocycles. The van der Waals surface area contributed by atoms with E-state index in [-0.39, 0.29) is 30.3 Å². The molecule has 2 aromatic rings. The minimum absolute atomic E-state index is 0.0196. The highest BCUT2D eigenvalue weighted by Crippen LogP contribution is 2.48. The van der Waals surface area contributed by atoms with Gasteiger partial charge < -0.3 is 19.1 Å². The lowest BCUT2D eigenvalue weighted by Gasteiger charge is -2.45. The van der Waals surface area contributed by atoms with E-state index in [1.165, 1.54) is 0 Å². The first-order chi connectivity index (χ1) is 15.6. The minimum Gasteiger partial charge on any atom is -0.497 e. The second-order valence-electron chi connectivity index (χ2n) is 10.1. The van der Waals surface area contributed by atoms with Crippen LogP contribution in [0.1, 0.15) is 57.6 Å². The standard InChI is InChI=1S/C27H33NO5/c1-26(2,3)33-23(29)16-19-15-21-17-32-27(4,20-9-7-6-8-10-20)28(21)25(30)24(19)18-11-13-22(31-5)14-12-18/h6-14,19,21,24H,15-17H2,1-5H3/t19-,21-,24+,27-/m0/s1. The third-order valence-corrected chi connectivity index (χ3v) is 6.56. The molecule has 2 aromatic carbocycles. The fraction of sp³-hybridized carbons (Fsp3) is 0.481. The maximum atomic E-state index is 14.1. The summed E-state index contributed by atoms with van der Waals surface area (Å²) >= 11 is 0. The van der Waals surface area contributed by atoms with Gasteiger partial charge in [0, 0.05) is 12.0 Å². The number of piperidine rings is 1. The summed E-state index contributed by atoms with van der Waals surface area (Å²) in [6.45, 7) is 7.97. The number of ether oxygens (including phenoxy) is 3. The molecule has 0 aromatic heterocycles. The van der Waals surface area contributed by atoms with Gasteiger partial charge in [0.05, 0.1) is 25.7 Å². The van der Waals surface area contributed by atoms with Gasteiger partial charge in [-0.1, -0.05) is 42.5 Å². The Hall–Kier alpha value is -2.86. The lowest BCUT2D eigenvalue weighted by atomic mass is 9.75. The molecule has 4 rings (SSSR count). The van der Waals surface area contributed by atoms with Gasteiger partial charge in [-0.15, -0.1) is 0 Å². The molecule has 6 nitrogen and oxygen atoms in total. The second-order valence-corrected chi connectivity index (χ2v) is 10.1. The summed E-state index contributed by atoms with van der Waals surface area (Å²) in [5.41, 5.74) is 0.403. The molecule has 0 bridgehead atoms. The average Bonchev–Trinajstić information content (AvgIpc) is 3.11. The van der Waals surface area contributed by atoms with Gasteiger partial charge in [-0.3, -0.25) is 9.59 Å². The highest BCUT2D eigenvalue weighted by atomic mass is 16.6. The van der Waals surface area contributed by atoms with Crippen molar-refractivity contribution >= 4 is 11.9 Å². The number of carbonyl (C=O) groups is 2. The van der Waals surface area contributed by atoms with Crippen LogP contribution in [0, 0.1) is 5.92 Å². The summed E-state index contributed by atoms with van der Waals surface area (Å²) < 4.78 is 17.2. The Kier molecular flexibility index (Phi) is 6.23. The summed E-state index contributed by atoms with van der Waals surface area (Å²) in [7, 11) is 1.61. The van der Waals surface area contributed by atoms with Crippen molar-refractivity contribution in [1.29, 1.82) is 0 Å². The van der Waals surface area contributed by atoms with E-state index in [0.717, 1.165) is 16.9 Å². The predicted octanol–water partition coefficient (Wildman–Crippen LogP) is 4.63. The van der Waals surface area contributed by atoms with E-state index in [4.69, 9.17) is 14.2 Å². The van der Waals surface area contributed by atoms with Gasteiger partial charge in [0.2, 0.25) is 5.91 Å². The van der Waals surface area contributed by atoms with Gasteiger partial charge in [0.25, 0.3) is 0 Å². The molecular formula is C27H33NO5. The molecule has 4 atom stereocenters. The lowest BCUT2D eigenvalue weighted by molar-refractivity contribution is -0.161. The molecule has 0 spiro atoms. The van der Waals surface area contributed by atoms with E-state index in [1.54, 1.807) is 7.11 Å². The van der Waals surface area contributed by atoms with Crippen LogP contribution in [0.4, 0.5) is 0 Å². The number of fused-ring (bicyclic) bond motifs is 1. The van der Waals surface area contributed by atoms with Crippen LogP contribution in [0.5, 0.6) is 5.75 Å². The van der Waals surface area contributed by atoms with E-state index in [9.17, 15) is 9.59 Å². The van der Waals surface area contributed by atoms with E-state index in [0.29, 0.717) is 13.0 Å². The fourth-order valence-corrected chi connectivity index (χ4v) is 5.15. The van der Waals surface area contributed by atoms with E-state index in [2.05, 4.69) is 0 Å². The van der Waals surface area contributed by atoms with E-state index < -0.39 is 17.2 Å². The molecule has 0 aliphatic carbocycles. The molecule has 0 radical (unpaired) electrons. The normalized spacial score (nSPS) is 27.2. The van der Waals surface area contributed by atoms with Crippen LogP contribution in [0.25, 0.3) is 0 Å². The third-order valence-electron chi connectivity index (χ3n) is 6.56. The van der Waals surface area contributed by atoms with Crippen LogP contribution in [0.2, 0.25) is 0 Å². The van der Waals surface area contributed by atoms with Gasteiger partial charge in [-0.05, 0) is 57.7 Å². The zero-order valence-electron chi connectivity index (χ0n) is 20.0. The predicted molar refractivity (Wildman–Crippen MR) is 125 cm³/mol. The van der Waals surface area contributed by atoms with Gasteiger partial charge in [0.1, 0.15) is 11.4 Å². The fourth-order valence-electron chi connectivity index (χ4n) is 5.15. The first kappa shape index (κ1) is 23.3. The molecule has 0 saturated carbocycles. The Bertz CT molecular complexity index is 997. The molecule has 2 aliphatic rings. The molecule has 2 fully saturated rings. The van der Waals surface area contributed by atoms with Crippen molar-refractivity contribution in [1.82, 2.24) is 4.90 Å². The van der Waals surface area contributed by atoms with Crippen LogP contribution in [0.3, 0.4) is 0 Å². The van der Waals surface area contributed by atoms with Crippen molar-refractivity contribution < 1.29 is 23.8 Å². The largest absolute Gasteiger partial charge is 0.497 e. The molecule has 6 heteroatoms. The maximum absolute atomic E-state index is 14.1. The summed E-state index contributed by atoms with van der Waals surface area (Å²) in [4.78, 5) is 28.7.